The quantitative estimate of drug-likeness (QED) is 0.261. The molecule has 1 aliphatic heterocycles. The molecule has 140 valence electrons. The average molecular weight is 442 g/mol. The molecule has 0 N–H and O–H groups in total. The van der Waals surface area contributed by atoms with E-state index in [1.807, 2.05) is 0 Å². The second kappa shape index (κ2) is 11.6. The van der Waals surface area contributed by atoms with E-state index in [9.17, 15) is 4.79 Å². The fraction of sp³-hybridized carbons (Fsp3) is 0.857. The van der Waals surface area contributed by atoms with Gasteiger partial charge in [0.25, 0.3) is 0 Å². The van der Waals surface area contributed by atoms with Crippen LogP contribution >= 0.6 is 0 Å². The van der Waals surface area contributed by atoms with Gasteiger partial charge in [-0.1, -0.05) is 0 Å². The number of hydrogen-bond acceptors (Lipinski definition) is 1. The Morgan fingerprint density at radius 2 is 1.50 bits per heavy atom. The molecule has 3 heteroatoms. The van der Waals surface area contributed by atoms with Crippen molar-refractivity contribution in [3.8, 4) is 0 Å². The number of amides is 1. The van der Waals surface area contributed by atoms with E-state index >= 15 is 0 Å². The molecule has 0 spiro atoms. The van der Waals surface area contributed by atoms with Crippen LogP contribution in [0.2, 0.25) is 13.3 Å². The topological polar surface area (TPSA) is 20.3 Å². The van der Waals surface area contributed by atoms with Gasteiger partial charge in [-0.15, -0.1) is 0 Å². The molecule has 24 heavy (non-hydrogen) atoms. The molecule has 0 aromatic rings. The number of nitrogens with zero attached hydrogens (tertiary/aromatic N) is 1. The van der Waals surface area contributed by atoms with Crippen LogP contribution in [-0.4, -0.2) is 42.3 Å². The monoisotopic (exact) mass is 443 g/mol. The molecule has 0 atom stereocenters. The molecule has 0 saturated carbocycles. The van der Waals surface area contributed by atoms with Gasteiger partial charge in [0.2, 0.25) is 0 Å². The summed E-state index contributed by atoms with van der Waals surface area (Å²) in [5.74, 6) is 0.941. The molecule has 0 aliphatic carbocycles. The molecule has 1 aliphatic rings. The van der Waals surface area contributed by atoms with Gasteiger partial charge in [-0.2, -0.15) is 0 Å². The Morgan fingerprint density at radius 3 is 1.92 bits per heavy atom. The Balaban J connectivity index is 2.96. The summed E-state index contributed by atoms with van der Waals surface area (Å²) >= 11 is -2.32. The van der Waals surface area contributed by atoms with Gasteiger partial charge in [0.1, 0.15) is 0 Å². The summed E-state index contributed by atoms with van der Waals surface area (Å²) in [6.07, 6.45) is 9.02. The van der Waals surface area contributed by atoms with Crippen molar-refractivity contribution in [1.29, 1.82) is 0 Å². The normalized spacial score (nSPS) is 17.5. The summed E-state index contributed by atoms with van der Waals surface area (Å²) in [6.45, 7) is 13.2. The first-order chi connectivity index (χ1) is 11.5. The second-order valence-corrected chi connectivity index (χ2v) is 21.1. The SMILES string of the molecule is CCC[CH2][Sn](/[CH]=C1/CCN(CC(C)C)C1=O)([CH2]CCC)[CH2]CCC. The molecule has 0 radical (unpaired) electrons. The Morgan fingerprint density at radius 1 is 1.00 bits per heavy atom. The van der Waals surface area contributed by atoms with E-state index in [-0.39, 0.29) is 0 Å². The number of unbranched alkanes of at least 4 members (excludes halogenated alkanes) is 3. The maximum absolute atomic E-state index is 12.8. The van der Waals surface area contributed by atoms with Crippen molar-refractivity contribution in [3.05, 3.63) is 9.67 Å². The van der Waals surface area contributed by atoms with E-state index in [1.54, 1.807) is 0 Å². The van der Waals surface area contributed by atoms with E-state index in [0.717, 1.165) is 19.5 Å². The Hall–Kier alpha value is 0.00870. The number of carbonyl (C=O) groups is 1. The van der Waals surface area contributed by atoms with Gasteiger partial charge < -0.3 is 0 Å². The third kappa shape index (κ3) is 7.09. The summed E-state index contributed by atoms with van der Waals surface area (Å²) in [5, 5.41) is 0. The van der Waals surface area contributed by atoms with E-state index < -0.39 is 18.4 Å². The molecule has 2 nitrogen and oxygen atoms in total. The van der Waals surface area contributed by atoms with Crippen molar-refractivity contribution in [2.45, 2.75) is 92.9 Å². The van der Waals surface area contributed by atoms with Gasteiger partial charge in [0.15, 0.2) is 0 Å². The zero-order valence-electron chi connectivity index (χ0n) is 17.0. The molecule has 0 aromatic carbocycles. The maximum atomic E-state index is 12.8. The molecule has 1 amide bonds. The van der Waals surface area contributed by atoms with Crippen molar-refractivity contribution in [2.24, 2.45) is 5.92 Å². The molecule has 0 bridgehead atoms. The number of rotatable bonds is 12. The molecule has 1 rings (SSSR count). The second-order valence-electron chi connectivity index (χ2n) is 8.24. The zero-order chi connectivity index (χ0) is 18.0. The Kier molecular flexibility index (Phi) is 10.6. The minimum atomic E-state index is -2.32. The van der Waals surface area contributed by atoms with Gasteiger partial charge in [0, 0.05) is 0 Å². The van der Waals surface area contributed by atoms with E-state index in [0.29, 0.717) is 11.8 Å². The first-order valence-corrected chi connectivity index (χ1v) is 18.2. The molecule has 1 saturated heterocycles. The van der Waals surface area contributed by atoms with Crippen molar-refractivity contribution in [3.63, 3.8) is 0 Å². The number of hydrogen-bond donors (Lipinski definition) is 0. The van der Waals surface area contributed by atoms with Gasteiger partial charge in [-0.25, -0.2) is 0 Å². The summed E-state index contributed by atoms with van der Waals surface area (Å²) in [6, 6.07) is 0. The van der Waals surface area contributed by atoms with Crippen LogP contribution in [0.1, 0.15) is 79.6 Å². The molecular weight excluding hydrogens is 401 g/mol. The van der Waals surface area contributed by atoms with Crippen LogP contribution < -0.4 is 0 Å². The predicted octanol–water partition coefficient (Wildman–Crippen LogP) is 6.19. The standard InChI is InChI=1S/C9H14NO.3C4H9.Sn/c1-7(2)6-10-5-4-8(3)9(10)11;3*1-3-4-2;/h3,7H,4-6H2,1-2H3;3*1,3-4H2,2H3;. The minimum absolute atomic E-state index is 0.370. The Bertz CT molecular complexity index is 381. The predicted molar refractivity (Wildman–Crippen MR) is 109 cm³/mol. The fourth-order valence-electron chi connectivity index (χ4n) is 3.96. The first-order valence-electron chi connectivity index (χ1n) is 10.5. The number of carbonyl (C=O) groups excluding carboxylic acids is 1. The van der Waals surface area contributed by atoms with Gasteiger partial charge in [-0.05, 0) is 0 Å². The van der Waals surface area contributed by atoms with Crippen LogP contribution in [0.25, 0.3) is 0 Å². The van der Waals surface area contributed by atoms with Crippen LogP contribution in [0.3, 0.4) is 0 Å². The average Bonchev–Trinajstić information content (AvgIpc) is 2.88. The van der Waals surface area contributed by atoms with Gasteiger partial charge >= 0.3 is 156 Å². The van der Waals surface area contributed by atoms with E-state index in [4.69, 9.17) is 0 Å². The summed E-state index contributed by atoms with van der Waals surface area (Å²) < 4.78 is 7.04. The summed E-state index contributed by atoms with van der Waals surface area (Å²) in [4.78, 5) is 14.9. The van der Waals surface area contributed by atoms with Crippen molar-refractivity contribution >= 4 is 24.3 Å². The third-order valence-electron chi connectivity index (χ3n) is 5.36. The third-order valence-corrected chi connectivity index (χ3v) is 19.7. The molecule has 1 heterocycles. The van der Waals surface area contributed by atoms with Crippen LogP contribution in [-0.2, 0) is 4.79 Å². The van der Waals surface area contributed by atoms with Crippen LogP contribution in [0.5, 0.6) is 0 Å². The van der Waals surface area contributed by atoms with Crippen LogP contribution in [0.4, 0.5) is 0 Å². The molecular formula is C21H41NOSn. The molecule has 1 fully saturated rings. The number of likely N-dealkylation sites (tertiary alicyclic amines) is 1. The zero-order valence-corrected chi connectivity index (χ0v) is 19.8. The van der Waals surface area contributed by atoms with Gasteiger partial charge in [0.05, 0.1) is 0 Å². The first kappa shape index (κ1) is 22.1. The summed E-state index contributed by atoms with van der Waals surface area (Å²) in [5.41, 5.74) is 1.20. The van der Waals surface area contributed by atoms with Crippen LogP contribution in [0.15, 0.2) is 9.67 Å². The van der Waals surface area contributed by atoms with E-state index in [2.05, 4.69) is 43.6 Å². The van der Waals surface area contributed by atoms with E-state index in [1.165, 1.54) is 57.4 Å². The molecule has 0 aromatic heterocycles. The Labute approximate surface area is 155 Å². The molecule has 0 unspecified atom stereocenters. The van der Waals surface area contributed by atoms with Crippen LogP contribution in [0, 0.1) is 5.92 Å². The summed E-state index contributed by atoms with van der Waals surface area (Å²) in [7, 11) is 0. The van der Waals surface area contributed by atoms with Crippen molar-refractivity contribution in [2.75, 3.05) is 13.1 Å². The fourth-order valence-corrected chi connectivity index (χ4v) is 19.3. The van der Waals surface area contributed by atoms with Crippen molar-refractivity contribution < 1.29 is 4.79 Å². The van der Waals surface area contributed by atoms with Crippen molar-refractivity contribution in [1.82, 2.24) is 4.90 Å². The van der Waals surface area contributed by atoms with Gasteiger partial charge in [-0.3, -0.25) is 0 Å².